The second kappa shape index (κ2) is 28.6. The fourth-order valence-corrected chi connectivity index (χ4v) is 4.46. The zero-order valence-electron chi connectivity index (χ0n) is 24.4. The maximum Gasteiger partial charge on any atom is 0.0110 e. The molecule has 37 heavy (non-hydrogen) atoms. The van der Waals surface area contributed by atoms with Crippen molar-refractivity contribution in [2.24, 2.45) is 28.7 Å². The van der Waals surface area contributed by atoms with E-state index in [9.17, 15) is 0 Å². The summed E-state index contributed by atoms with van der Waals surface area (Å²) >= 11 is 0. The summed E-state index contributed by atoms with van der Waals surface area (Å²) in [5.41, 5.74) is 28.8. The second-order valence-electron chi connectivity index (χ2n) is 9.87. The zero-order chi connectivity index (χ0) is 27.4. The minimum absolute atomic E-state index is 0.675. The Kier molecular flexibility index (Phi) is 28.2. The van der Waals surface area contributed by atoms with Gasteiger partial charge in [-0.3, -0.25) is 14.7 Å². The third kappa shape index (κ3) is 23.2. The van der Waals surface area contributed by atoms with Gasteiger partial charge in [0.05, 0.1) is 0 Å². The van der Waals surface area contributed by atoms with Gasteiger partial charge >= 0.3 is 0 Å². The maximum atomic E-state index is 5.82. The smallest absolute Gasteiger partial charge is 0.0110 e. The van der Waals surface area contributed by atoms with Crippen LogP contribution >= 0.6 is 0 Å². The summed E-state index contributed by atoms with van der Waals surface area (Å²) in [5, 5.41) is 7.07. The highest BCUT2D eigenvalue weighted by atomic mass is 15.2. The minimum atomic E-state index is 0.675. The van der Waals surface area contributed by atoms with Crippen LogP contribution in [0.4, 0.5) is 0 Å². The van der Waals surface area contributed by atoms with Gasteiger partial charge in [-0.25, -0.2) is 0 Å². The van der Waals surface area contributed by atoms with Gasteiger partial charge in [-0.1, -0.05) is 26.2 Å². The van der Waals surface area contributed by atoms with Crippen LogP contribution in [0.3, 0.4) is 0 Å². The molecule has 0 aromatic rings. The molecule has 0 saturated carbocycles. The van der Waals surface area contributed by atoms with E-state index in [1.54, 1.807) is 0 Å². The average molecular weight is 532 g/mol. The second-order valence-corrected chi connectivity index (χ2v) is 9.87. The Morgan fingerprint density at radius 1 is 0.378 bits per heavy atom. The fraction of sp³-hybridized carbons (Fsp3) is 1.00. The van der Waals surface area contributed by atoms with E-state index in [1.807, 2.05) is 0 Å². The summed E-state index contributed by atoms with van der Waals surface area (Å²) in [6, 6.07) is 0. The molecule has 0 unspecified atom stereocenters. The van der Waals surface area contributed by atoms with E-state index < -0.39 is 0 Å². The first kappa shape index (κ1) is 36.6. The Morgan fingerprint density at radius 2 is 0.757 bits per heavy atom. The summed E-state index contributed by atoms with van der Waals surface area (Å²) in [6.07, 6.45) is 5.17. The fourth-order valence-electron chi connectivity index (χ4n) is 4.46. The lowest BCUT2D eigenvalue weighted by Crippen LogP contribution is -2.45. The third-order valence-corrected chi connectivity index (χ3v) is 6.71. The summed E-state index contributed by atoms with van der Waals surface area (Å²) in [7, 11) is 0. The molecule has 0 atom stereocenters. The van der Waals surface area contributed by atoms with Crippen molar-refractivity contribution >= 4 is 0 Å². The molecule has 0 bridgehead atoms. The van der Waals surface area contributed by atoms with E-state index in [-0.39, 0.29) is 0 Å². The molecule has 0 aromatic carbocycles. The molecule has 0 rings (SSSR count). The predicted molar refractivity (Wildman–Crippen MR) is 161 cm³/mol. The normalized spacial score (nSPS) is 12.2. The topological polar surface area (TPSA) is 167 Å². The highest BCUT2D eigenvalue weighted by Crippen LogP contribution is 2.03. The highest BCUT2D eigenvalue weighted by molar-refractivity contribution is 4.70. The molecule has 0 amide bonds. The van der Waals surface area contributed by atoms with Gasteiger partial charge in [-0.15, -0.1) is 0 Å². The van der Waals surface area contributed by atoms with Crippen LogP contribution in [-0.4, -0.2) is 157 Å². The van der Waals surface area contributed by atoms with E-state index in [2.05, 4.69) is 37.2 Å². The van der Waals surface area contributed by atoms with Crippen LogP contribution in [0, 0.1) is 0 Å². The number of rotatable bonds is 30. The number of unbranched alkanes of at least 4 members (excludes halogenated alkanes) is 3. The quantitative estimate of drug-likeness (QED) is 0.0500. The average Bonchev–Trinajstić information content (AvgIpc) is 2.89. The van der Waals surface area contributed by atoms with E-state index >= 15 is 0 Å². The Bertz CT molecular complexity index is 433. The third-order valence-electron chi connectivity index (χ3n) is 6.71. The van der Waals surface area contributed by atoms with Crippen molar-refractivity contribution in [3.8, 4) is 0 Å². The largest absolute Gasteiger partial charge is 0.329 e. The summed E-state index contributed by atoms with van der Waals surface area (Å²) in [6.45, 7) is 21.6. The molecule has 0 aliphatic heterocycles. The number of nitrogens with one attached hydrogen (secondary N) is 2. The lowest BCUT2D eigenvalue weighted by molar-refractivity contribution is 0.175. The Balaban J connectivity index is 4.75. The van der Waals surface area contributed by atoms with Gasteiger partial charge in [-0.05, 0) is 13.0 Å². The van der Waals surface area contributed by atoms with Gasteiger partial charge in [0, 0.05) is 131 Å². The molecule has 0 aliphatic carbocycles. The molecule has 0 saturated heterocycles. The Labute approximate surface area is 229 Å². The number of nitrogens with zero attached hydrogens (tertiary/aromatic N) is 4. The monoisotopic (exact) mass is 532 g/mol. The summed E-state index contributed by atoms with van der Waals surface area (Å²) < 4.78 is 0. The van der Waals surface area contributed by atoms with Crippen LogP contribution in [0.5, 0.6) is 0 Å². The molecule has 0 radical (unpaired) electrons. The lowest BCUT2D eigenvalue weighted by atomic mass is 10.2. The van der Waals surface area contributed by atoms with Gasteiger partial charge in [0.2, 0.25) is 0 Å². The van der Waals surface area contributed by atoms with Crippen molar-refractivity contribution in [1.29, 1.82) is 0 Å². The van der Waals surface area contributed by atoms with Crippen molar-refractivity contribution in [3.63, 3.8) is 0 Å². The number of nitrogens with two attached hydrogens (primary N) is 5. The van der Waals surface area contributed by atoms with Crippen molar-refractivity contribution in [1.82, 2.24) is 30.2 Å². The van der Waals surface area contributed by atoms with Crippen LogP contribution in [0.1, 0.15) is 32.6 Å². The van der Waals surface area contributed by atoms with Crippen LogP contribution < -0.4 is 39.3 Å². The Morgan fingerprint density at radius 3 is 1.16 bits per heavy atom. The van der Waals surface area contributed by atoms with Gasteiger partial charge in [0.1, 0.15) is 0 Å². The van der Waals surface area contributed by atoms with E-state index in [0.29, 0.717) is 32.7 Å². The van der Waals surface area contributed by atoms with E-state index in [4.69, 9.17) is 28.7 Å². The first-order chi connectivity index (χ1) is 18.1. The lowest BCUT2D eigenvalue weighted by Gasteiger charge is -2.30. The Hall–Kier alpha value is -0.440. The SMILES string of the molecule is CCCCCCN(CCN(CCN)CCN)CCN(CCNCCN)CCNCCN(CCN)CCN. The maximum absolute atomic E-state index is 5.82. The molecule has 224 valence electrons. The van der Waals surface area contributed by atoms with E-state index in [0.717, 1.165) is 105 Å². The molecule has 0 spiro atoms. The predicted octanol–water partition coefficient (Wildman–Crippen LogP) is -2.25. The number of hydrogen-bond donors (Lipinski definition) is 7. The first-order valence-electron chi connectivity index (χ1n) is 15.0. The molecule has 0 aromatic heterocycles. The molecule has 0 fully saturated rings. The van der Waals surface area contributed by atoms with E-state index in [1.165, 1.54) is 25.7 Å². The van der Waals surface area contributed by atoms with Crippen molar-refractivity contribution in [2.75, 3.05) is 137 Å². The van der Waals surface area contributed by atoms with Crippen molar-refractivity contribution < 1.29 is 0 Å². The van der Waals surface area contributed by atoms with Gasteiger partial charge in [-0.2, -0.15) is 0 Å². The zero-order valence-corrected chi connectivity index (χ0v) is 24.4. The molecule has 0 aliphatic rings. The molecule has 0 heterocycles. The van der Waals surface area contributed by atoms with Gasteiger partial charge in [0.15, 0.2) is 0 Å². The van der Waals surface area contributed by atoms with Crippen LogP contribution in [0.25, 0.3) is 0 Å². The number of hydrogen-bond acceptors (Lipinski definition) is 11. The summed E-state index contributed by atoms with van der Waals surface area (Å²) in [4.78, 5) is 9.94. The van der Waals surface area contributed by atoms with Crippen LogP contribution in [-0.2, 0) is 0 Å². The standard InChI is InChI=1S/C26H65N11/c1-2-3-4-5-15-34(23-25-36(18-9-30)19-10-31)24-26-37(21-12-32-11-6-27)22-14-33-13-20-35(16-7-28)17-8-29/h32-33H,2-31H2,1H3. The first-order valence-corrected chi connectivity index (χ1v) is 15.0. The molecular weight excluding hydrogens is 466 g/mol. The molecule has 11 heteroatoms. The highest BCUT2D eigenvalue weighted by Gasteiger charge is 2.12. The molecular formula is C26H65N11. The van der Waals surface area contributed by atoms with Crippen molar-refractivity contribution in [3.05, 3.63) is 0 Å². The van der Waals surface area contributed by atoms with Crippen LogP contribution in [0.15, 0.2) is 0 Å². The van der Waals surface area contributed by atoms with Gasteiger partial charge in [0.25, 0.3) is 0 Å². The van der Waals surface area contributed by atoms with Gasteiger partial charge < -0.3 is 44.2 Å². The summed E-state index contributed by atoms with van der Waals surface area (Å²) in [5.74, 6) is 0. The molecule has 12 N–H and O–H groups in total. The van der Waals surface area contributed by atoms with Crippen LogP contribution in [0.2, 0.25) is 0 Å². The molecule has 11 nitrogen and oxygen atoms in total. The minimum Gasteiger partial charge on any atom is -0.329 e. The van der Waals surface area contributed by atoms with Crippen molar-refractivity contribution in [2.45, 2.75) is 32.6 Å².